The number of carbonyl (C=O) groups is 1. The van der Waals surface area contributed by atoms with Crippen molar-refractivity contribution in [2.75, 3.05) is 20.6 Å². The Morgan fingerprint density at radius 3 is 1.36 bits per heavy atom. The van der Waals surface area contributed by atoms with Gasteiger partial charge in [-0.25, -0.2) is 0 Å². The third-order valence-corrected chi connectivity index (χ3v) is 9.14. The fourth-order valence-corrected chi connectivity index (χ4v) is 6.14. The lowest BCUT2D eigenvalue weighted by atomic mass is 10.0. The second kappa shape index (κ2) is 37.4. The topological polar surface area (TPSA) is 29.5 Å². The number of ether oxygens (including phenoxy) is 1. The Kier molecular flexibility index (Phi) is 36.5. The molecule has 0 heterocycles. The Balaban J connectivity index is 3.93. The summed E-state index contributed by atoms with van der Waals surface area (Å²) in [6, 6.07) is 0. The van der Waals surface area contributed by atoms with Crippen molar-refractivity contribution >= 4 is 5.97 Å². The number of nitrogens with zero attached hydrogens (tertiary/aromatic N) is 1. The van der Waals surface area contributed by atoms with Crippen molar-refractivity contribution in [3.8, 4) is 0 Å². The molecule has 0 N–H and O–H groups in total. The van der Waals surface area contributed by atoms with Crippen LogP contribution >= 0.6 is 0 Å². The van der Waals surface area contributed by atoms with Gasteiger partial charge in [-0.2, -0.15) is 0 Å². The average molecular weight is 632 g/mol. The predicted molar refractivity (Wildman–Crippen MR) is 201 cm³/mol. The molecule has 0 amide bonds. The Hall–Kier alpha value is -1.09. The summed E-state index contributed by atoms with van der Waals surface area (Å²) in [6.45, 7) is 5.49. The lowest BCUT2D eigenvalue weighted by Crippen LogP contribution is -2.20. The van der Waals surface area contributed by atoms with E-state index in [9.17, 15) is 4.79 Å². The number of rotatable bonds is 36. The maximum atomic E-state index is 12.5. The second-order valence-corrected chi connectivity index (χ2v) is 14.1. The predicted octanol–water partition coefficient (Wildman–Crippen LogP) is 13.7. The summed E-state index contributed by atoms with van der Waals surface area (Å²) in [6.07, 6.45) is 49.2. The van der Waals surface area contributed by atoms with Crippen LogP contribution in [0, 0.1) is 0 Å². The molecule has 0 fully saturated rings. The molecule has 0 aromatic rings. The highest BCUT2D eigenvalue weighted by molar-refractivity contribution is 5.69. The summed E-state index contributed by atoms with van der Waals surface area (Å²) in [7, 11) is 4.13. The third-order valence-electron chi connectivity index (χ3n) is 9.14. The van der Waals surface area contributed by atoms with Crippen molar-refractivity contribution in [2.45, 2.75) is 219 Å². The van der Waals surface area contributed by atoms with E-state index in [1.807, 2.05) is 0 Å². The molecule has 0 rings (SSSR count). The van der Waals surface area contributed by atoms with Crippen LogP contribution in [0.5, 0.6) is 0 Å². The number of carbonyl (C=O) groups excluding carboxylic acids is 1. The molecule has 0 aliphatic heterocycles. The highest BCUT2D eigenvalue weighted by Gasteiger charge is 2.14. The lowest BCUT2D eigenvalue weighted by Gasteiger charge is -2.18. The zero-order valence-electron chi connectivity index (χ0n) is 31.3. The van der Waals surface area contributed by atoms with Gasteiger partial charge in [0.05, 0.1) is 0 Å². The molecule has 3 nitrogen and oxygen atoms in total. The minimum atomic E-state index is 0.0165. The van der Waals surface area contributed by atoms with E-state index in [0.29, 0.717) is 6.42 Å². The van der Waals surface area contributed by atoms with Gasteiger partial charge in [-0.1, -0.05) is 173 Å². The first-order valence-electron chi connectivity index (χ1n) is 20.2. The van der Waals surface area contributed by atoms with Crippen molar-refractivity contribution in [3.63, 3.8) is 0 Å². The van der Waals surface area contributed by atoms with E-state index in [4.69, 9.17) is 4.74 Å². The Morgan fingerprint density at radius 2 is 0.911 bits per heavy atom. The number of hydrogen-bond acceptors (Lipinski definition) is 3. The maximum Gasteiger partial charge on any atom is 0.306 e. The van der Waals surface area contributed by atoms with Gasteiger partial charge in [0.2, 0.25) is 0 Å². The zero-order valence-corrected chi connectivity index (χ0v) is 31.3. The van der Waals surface area contributed by atoms with Crippen LogP contribution in [0.3, 0.4) is 0 Å². The highest BCUT2D eigenvalue weighted by Crippen LogP contribution is 2.19. The maximum absolute atomic E-state index is 12.5. The summed E-state index contributed by atoms with van der Waals surface area (Å²) in [5.41, 5.74) is 0. The molecule has 1 atom stereocenters. The quantitative estimate of drug-likeness (QED) is 0.0391. The highest BCUT2D eigenvalue weighted by atomic mass is 16.5. The molecule has 0 saturated heterocycles. The zero-order chi connectivity index (χ0) is 32.9. The third kappa shape index (κ3) is 37.2. The van der Waals surface area contributed by atoms with Gasteiger partial charge >= 0.3 is 5.97 Å². The van der Waals surface area contributed by atoms with E-state index in [0.717, 1.165) is 32.2 Å². The van der Waals surface area contributed by atoms with Gasteiger partial charge in [0.1, 0.15) is 6.10 Å². The molecule has 0 saturated carbocycles. The van der Waals surface area contributed by atoms with E-state index in [2.05, 4.69) is 57.1 Å². The first-order chi connectivity index (χ1) is 22.1. The lowest BCUT2D eigenvalue weighted by molar-refractivity contribution is -0.150. The van der Waals surface area contributed by atoms with Crippen LogP contribution in [0.25, 0.3) is 0 Å². The van der Waals surface area contributed by atoms with E-state index in [1.54, 1.807) is 0 Å². The van der Waals surface area contributed by atoms with Gasteiger partial charge < -0.3 is 9.64 Å². The number of hydrogen-bond donors (Lipinski definition) is 0. The van der Waals surface area contributed by atoms with Crippen LogP contribution in [-0.2, 0) is 9.53 Å². The summed E-state index contributed by atoms with van der Waals surface area (Å²) in [4.78, 5) is 14.7. The number of unbranched alkanes of at least 4 members (excludes halogenated alkanes) is 23. The minimum absolute atomic E-state index is 0.0165. The van der Waals surface area contributed by atoms with Crippen LogP contribution in [0.2, 0.25) is 0 Å². The van der Waals surface area contributed by atoms with Gasteiger partial charge in [0.15, 0.2) is 0 Å². The van der Waals surface area contributed by atoms with Gasteiger partial charge in [-0.05, 0) is 78.4 Å². The molecular weight excluding hydrogens is 550 g/mol. The van der Waals surface area contributed by atoms with Gasteiger partial charge in [0, 0.05) is 6.42 Å². The summed E-state index contributed by atoms with van der Waals surface area (Å²) >= 11 is 0. The molecule has 45 heavy (non-hydrogen) atoms. The van der Waals surface area contributed by atoms with Gasteiger partial charge in [0.25, 0.3) is 0 Å². The van der Waals surface area contributed by atoms with Crippen LogP contribution < -0.4 is 0 Å². The molecule has 0 bridgehead atoms. The van der Waals surface area contributed by atoms with Gasteiger partial charge in [-0.15, -0.1) is 0 Å². The fourth-order valence-electron chi connectivity index (χ4n) is 6.14. The minimum Gasteiger partial charge on any atom is -0.462 e. The molecule has 0 aromatic heterocycles. The van der Waals surface area contributed by atoms with E-state index >= 15 is 0 Å². The van der Waals surface area contributed by atoms with E-state index in [1.165, 1.54) is 167 Å². The Labute approximate surface area is 283 Å². The van der Waals surface area contributed by atoms with Crippen LogP contribution in [0.1, 0.15) is 213 Å². The van der Waals surface area contributed by atoms with E-state index in [-0.39, 0.29) is 12.1 Å². The van der Waals surface area contributed by atoms with Crippen molar-refractivity contribution in [1.82, 2.24) is 4.90 Å². The van der Waals surface area contributed by atoms with Crippen molar-refractivity contribution in [1.29, 1.82) is 0 Å². The van der Waals surface area contributed by atoms with Gasteiger partial charge in [-0.3, -0.25) is 4.79 Å². The number of esters is 1. The average Bonchev–Trinajstić information content (AvgIpc) is 3.02. The molecule has 0 radical (unpaired) electrons. The molecule has 3 heteroatoms. The Bertz CT molecular complexity index is 641. The molecule has 266 valence electrons. The first-order valence-corrected chi connectivity index (χ1v) is 20.2. The summed E-state index contributed by atoms with van der Waals surface area (Å²) in [5.74, 6) is 0.0165. The molecule has 0 aliphatic carbocycles. The second-order valence-electron chi connectivity index (χ2n) is 14.1. The van der Waals surface area contributed by atoms with Crippen molar-refractivity contribution in [3.05, 3.63) is 24.3 Å². The standard InChI is InChI=1S/C42H81NO2/c1-5-7-9-11-13-15-17-19-21-23-25-27-29-31-33-35-38-41(45-42(44)39-36-40-43(3)4)37-34-32-30-28-26-24-22-20-18-16-14-12-10-8-6-2/h12,14,18,20,41H,5-11,13,15-17,19,21-40H2,1-4H3/b14-12-,20-18-. The van der Waals surface area contributed by atoms with Crippen molar-refractivity contribution in [2.24, 2.45) is 0 Å². The summed E-state index contributed by atoms with van der Waals surface area (Å²) < 4.78 is 6.01. The number of allylic oxidation sites excluding steroid dienone is 4. The molecule has 0 aromatic carbocycles. The fraction of sp³-hybridized carbons (Fsp3) is 0.881. The van der Waals surface area contributed by atoms with Crippen LogP contribution in [0.15, 0.2) is 24.3 Å². The normalized spacial score (nSPS) is 12.6. The molecule has 1 unspecified atom stereocenters. The molecular formula is C42H81NO2. The SMILES string of the molecule is CCCC/C=C\C/C=C\CCCCCCCCC(CCCCCCCCCCCCCCCCCC)OC(=O)CCCN(C)C. The largest absolute Gasteiger partial charge is 0.462 e. The van der Waals surface area contributed by atoms with Crippen LogP contribution in [0.4, 0.5) is 0 Å². The molecule has 0 aliphatic rings. The van der Waals surface area contributed by atoms with E-state index < -0.39 is 0 Å². The first kappa shape index (κ1) is 43.9. The smallest absolute Gasteiger partial charge is 0.306 e. The van der Waals surface area contributed by atoms with Crippen molar-refractivity contribution < 1.29 is 9.53 Å². The Morgan fingerprint density at radius 1 is 0.511 bits per heavy atom. The monoisotopic (exact) mass is 632 g/mol. The molecule has 0 spiro atoms. The van der Waals surface area contributed by atoms with Crippen LogP contribution in [-0.4, -0.2) is 37.6 Å². The summed E-state index contributed by atoms with van der Waals surface area (Å²) in [5, 5.41) is 0.